The topological polar surface area (TPSA) is 50.8 Å². The number of nitrogens with zero attached hydrogens (tertiary/aromatic N) is 1. The molecule has 1 fully saturated rings. The number of para-hydroxylation sites is 1. The third kappa shape index (κ3) is 4.25. The zero-order chi connectivity index (χ0) is 18.6. The molecule has 5 heteroatoms. The van der Waals surface area contributed by atoms with E-state index in [0.29, 0.717) is 6.42 Å². The molecule has 4 rings (SSSR count). The van der Waals surface area contributed by atoms with E-state index in [-0.39, 0.29) is 18.1 Å². The molecule has 0 aliphatic carbocycles. The second-order valence-corrected chi connectivity index (χ2v) is 7.33. The quantitative estimate of drug-likeness (QED) is 0.884. The maximum atomic E-state index is 12.6. The van der Waals surface area contributed by atoms with E-state index < -0.39 is 0 Å². The summed E-state index contributed by atoms with van der Waals surface area (Å²) in [5.74, 6) is 1.74. The molecule has 2 aromatic rings. The highest BCUT2D eigenvalue weighted by molar-refractivity contribution is 5.82. The fourth-order valence-electron chi connectivity index (χ4n) is 3.85. The van der Waals surface area contributed by atoms with Gasteiger partial charge < -0.3 is 14.8 Å². The first-order chi connectivity index (χ1) is 13.2. The van der Waals surface area contributed by atoms with Crippen LogP contribution in [0.2, 0.25) is 0 Å². The molecule has 142 valence electrons. The van der Waals surface area contributed by atoms with E-state index in [1.54, 1.807) is 7.11 Å². The summed E-state index contributed by atoms with van der Waals surface area (Å²) < 4.78 is 11.0. The number of piperidine rings is 1. The molecule has 5 nitrogen and oxygen atoms in total. The SMILES string of the molecule is COc1ccc(CN2CCC(NC(=O)C3Cc4ccccc4O3)CC2)cc1. The van der Waals surface area contributed by atoms with Crippen LogP contribution in [0.1, 0.15) is 24.0 Å². The fourth-order valence-corrected chi connectivity index (χ4v) is 3.85. The summed E-state index contributed by atoms with van der Waals surface area (Å²) in [6, 6.07) is 16.4. The van der Waals surface area contributed by atoms with Crippen molar-refractivity contribution in [2.75, 3.05) is 20.2 Å². The second-order valence-electron chi connectivity index (χ2n) is 7.33. The van der Waals surface area contributed by atoms with Crippen molar-refractivity contribution < 1.29 is 14.3 Å². The Bertz CT molecular complexity index is 757. The van der Waals surface area contributed by atoms with Gasteiger partial charge in [-0.05, 0) is 42.2 Å². The molecule has 1 amide bonds. The lowest BCUT2D eigenvalue weighted by molar-refractivity contribution is -0.128. The lowest BCUT2D eigenvalue weighted by Gasteiger charge is -2.32. The van der Waals surface area contributed by atoms with Gasteiger partial charge in [0.1, 0.15) is 11.5 Å². The zero-order valence-corrected chi connectivity index (χ0v) is 15.7. The van der Waals surface area contributed by atoms with Crippen LogP contribution in [0, 0.1) is 0 Å². The first-order valence-corrected chi connectivity index (χ1v) is 9.61. The Morgan fingerprint density at radius 1 is 1.15 bits per heavy atom. The number of amides is 1. The molecular weight excluding hydrogens is 340 g/mol. The lowest BCUT2D eigenvalue weighted by atomic mass is 10.0. The molecule has 0 radical (unpaired) electrons. The predicted molar refractivity (Wildman–Crippen MR) is 104 cm³/mol. The molecule has 0 aromatic heterocycles. The average molecular weight is 366 g/mol. The van der Waals surface area contributed by atoms with Crippen LogP contribution in [0.4, 0.5) is 0 Å². The van der Waals surface area contributed by atoms with Crippen LogP contribution in [0.15, 0.2) is 48.5 Å². The summed E-state index contributed by atoms with van der Waals surface area (Å²) in [6.07, 6.45) is 2.22. The molecule has 0 spiro atoms. The Morgan fingerprint density at radius 2 is 1.89 bits per heavy atom. The zero-order valence-electron chi connectivity index (χ0n) is 15.7. The molecular formula is C22H26N2O3. The summed E-state index contributed by atoms with van der Waals surface area (Å²) in [5, 5.41) is 3.19. The van der Waals surface area contributed by atoms with E-state index in [2.05, 4.69) is 22.3 Å². The Morgan fingerprint density at radius 3 is 2.59 bits per heavy atom. The molecule has 2 aliphatic rings. The summed E-state index contributed by atoms with van der Waals surface area (Å²) in [4.78, 5) is 15.0. The standard InChI is InChI=1S/C22H26N2O3/c1-26-19-8-6-16(7-9-19)15-24-12-10-18(11-13-24)23-22(25)21-14-17-4-2-3-5-20(17)27-21/h2-9,18,21H,10-15H2,1H3,(H,23,25). The van der Waals surface area contributed by atoms with Crippen LogP contribution in [-0.2, 0) is 17.8 Å². The van der Waals surface area contributed by atoms with Crippen molar-refractivity contribution in [3.05, 3.63) is 59.7 Å². The number of hydrogen-bond acceptors (Lipinski definition) is 4. The van der Waals surface area contributed by atoms with E-state index in [4.69, 9.17) is 9.47 Å². The van der Waals surface area contributed by atoms with Gasteiger partial charge in [0, 0.05) is 32.1 Å². The van der Waals surface area contributed by atoms with Crippen molar-refractivity contribution in [3.8, 4) is 11.5 Å². The van der Waals surface area contributed by atoms with Crippen LogP contribution >= 0.6 is 0 Å². The minimum atomic E-state index is -0.389. The predicted octanol–water partition coefficient (Wildman–Crippen LogP) is 2.78. The van der Waals surface area contributed by atoms with Gasteiger partial charge in [-0.3, -0.25) is 9.69 Å². The summed E-state index contributed by atoms with van der Waals surface area (Å²) in [7, 11) is 1.68. The van der Waals surface area contributed by atoms with Crippen LogP contribution in [0.5, 0.6) is 11.5 Å². The summed E-state index contributed by atoms with van der Waals surface area (Å²) >= 11 is 0. The minimum Gasteiger partial charge on any atom is -0.497 e. The number of likely N-dealkylation sites (tertiary alicyclic amines) is 1. The van der Waals surface area contributed by atoms with Gasteiger partial charge in [0.15, 0.2) is 6.10 Å². The van der Waals surface area contributed by atoms with Crippen molar-refractivity contribution in [1.82, 2.24) is 10.2 Å². The van der Waals surface area contributed by atoms with Gasteiger partial charge in [0.05, 0.1) is 7.11 Å². The van der Waals surface area contributed by atoms with E-state index in [0.717, 1.165) is 49.5 Å². The van der Waals surface area contributed by atoms with Crippen molar-refractivity contribution in [3.63, 3.8) is 0 Å². The molecule has 27 heavy (non-hydrogen) atoms. The molecule has 0 bridgehead atoms. The first kappa shape index (κ1) is 17.9. The number of carbonyl (C=O) groups is 1. The summed E-state index contributed by atoms with van der Waals surface area (Å²) in [6.45, 7) is 2.91. The van der Waals surface area contributed by atoms with Gasteiger partial charge in [0.25, 0.3) is 5.91 Å². The smallest absolute Gasteiger partial charge is 0.261 e. The summed E-state index contributed by atoms with van der Waals surface area (Å²) in [5.41, 5.74) is 2.40. The van der Waals surface area contributed by atoms with Gasteiger partial charge in [-0.25, -0.2) is 0 Å². The van der Waals surface area contributed by atoms with Crippen molar-refractivity contribution >= 4 is 5.91 Å². The molecule has 2 heterocycles. The second kappa shape index (κ2) is 8.01. The third-order valence-corrected chi connectivity index (χ3v) is 5.44. The minimum absolute atomic E-state index is 0.0137. The van der Waals surface area contributed by atoms with Crippen molar-refractivity contribution in [2.45, 2.75) is 38.0 Å². The van der Waals surface area contributed by atoms with Crippen LogP contribution in [-0.4, -0.2) is 43.2 Å². The Balaban J connectivity index is 1.23. The van der Waals surface area contributed by atoms with Gasteiger partial charge in [0.2, 0.25) is 0 Å². The number of carbonyl (C=O) groups excluding carboxylic acids is 1. The molecule has 2 aliphatic heterocycles. The molecule has 1 atom stereocenters. The third-order valence-electron chi connectivity index (χ3n) is 5.44. The molecule has 1 saturated heterocycles. The number of benzene rings is 2. The van der Waals surface area contributed by atoms with E-state index in [1.807, 2.05) is 36.4 Å². The highest BCUT2D eigenvalue weighted by atomic mass is 16.5. The number of nitrogens with one attached hydrogen (secondary N) is 1. The Hall–Kier alpha value is -2.53. The van der Waals surface area contributed by atoms with Crippen molar-refractivity contribution in [2.24, 2.45) is 0 Å². The number of ether oxygens (including phenoxy) is 2. The Kier molecular flexibility index (Phi) is 5.30. The van der Waals surface area contributed by atoms with E-state index >= 15 is 0 Å². The van der Waals surface area contributed by atoms with Crippen LogP contribution < -0.4 is 14.8 Å². The first-order valence-electron chi connectivity index (χ1n) is 9.61. The molecule has 1 N–H and O–H groups in total. The van der Waals surface area contributed by atoms with Gasteiger partial charge in [-0.2, -0.15) is 0 Å². The van der Waals surface area contributed by atoms with Crippen LogP contribution in [0.3, 0.4) is 0 Å². The number of fused-ring (bicyclic) bond motifs is 1. The number of methoxy groups -OCH3 is 1. The van der Waals surface area contributed by atoms with Crippen LogP contribution in [0.25, 0.3) is 0 Å². The normalized spacial score (nSPS) is 20.0. The molecule has 2 aromatic carbocycles. The number of hydrogen-bond donors (Lipinski definition) is 1. The highest BCUT2D eigenvalue weighted by Gasteiger charge is 2.31. The largest absolute Gasteiger partial charge is 0.497 e. The number of rotatable bonds is 5. The van der Waals surface area contributed by atoms with Gasteiger partial charge in [-0.15, -0.1) is 0 Å². The fraction of sp³-hybridized carbons (Fsp3) is 0.409. The average Bonchev–Trinajstić information content (AvgIpc) is 3.14. The van der Waals surface area contributed by atoms with Crippen molar-refractivity contribution in [1.29, 1.82) is 0 Å². The maximum Gasteiger partial charge on any atom is 0.261 e. The monoisotopic (exact) mass is 366 g/mol. The lowest BCUT2D eigenvalue weighted by Crippen LogP contribution is -2.48. The van der Waals surface area contributed by atoms with Gasteiger partial charge in [-0.1, -0.05) is 30.3 Å². The maximum absolute atomic E-state index is 12.6. The Labute approximate surface area is 160 Å². The van der Waals surface area contributed by atoms with Gasteiger partial charge >= 0.3 is 0 Å². The van der Waals surface area contributed by atoms with E-state index in [1.165, 1.54) is 5.56 Å². The molecule has 0 saturated carbocycles. The van der Waals surface area contributed by atoms with E-state index in [9.17, 15) is 4.79 Å². The highest BCUT2D eigenvalue weighted by Crippen LogP contribution is 2.28. The molecule has 1 unspecified atom stereocenters.